The highest BCUT2D eigenvalue weighted by Crippen LogP contribution is 2.38. The number of amides is 1. The van der Waals surface area contributed by atoms with Crippen LogP contribution in [0.1, 0.15) is 15.9 Å². The fourth-order valence-corrected chi connectivity index (χ4v) is 2.59. The number of phenols is 1. The van der Waals surface area contributed by atoms with Gasteiger partial charge in [0.1, 0.15) is 17.1 Å². The quantitative estimate of drug-likeness (QED) is 0.789. The number of aromatic hydroxyl groups is 1. The SMILES string of the molecule is O=C(NCCc1cccc(F)c1)c1c(O)c(Cl)cc(Cl)c1Cl. The molecule has 0 bridgehead atoms. The summed E-state index contributed by atoms with van der Waals surface area (Å²) >= 11 is 17.5. The summed E-state index contributed by atoms with van der Waals surface area (Å²) in [4.78, 5) is 12.1. The summed E-state index contributed by atoms with van der Waals surface area (Å²) in [6, 6.07) is 7.31. The van der Waals surface area contributed by atoms with Gasteiger partial charge in [-0.05, 0) is 30.2 Å². The Bertz CT molecular complexity index is 696. The zero-order valence-electron chi connectivity index (χ0n) is 11.2. The lowest BCUT2D eigenvalue weighted by Gasteiger charge is -2.11. The molecule has 0 aliphatic carbocycles. The van der Waals surface area contributed by atoms with Crippen molar-refractivity contribution in [1.29, 1.82) is 0 Å². The molecule has 0 atom stereocenters. The monoisotopic (exact) mass is 361 g/mol. The second-order valence-electron chi connectivity index (χ2n) is 4.51. The van der Waals surface area contributed by atoms with Crippen LogP contribution in [0.15, 0.2) is 30.3 Å². The van der Waals surface area contributed by atoms with Gasteiger partial charge in [0.25, 0.3) is 5.91 Å². The highest BCUT2D eigenvalue weighted by Gasteiger charge is 2.20. The van der Waals surface area contributed by atoms with Gasteiger partial charge in [0.15, 0.2) is 0 Å². The number of carbonyl (C=O) groups excluding carboxylic acids is 1. The van der Waals surface area contributed by atoms with Crippen molar-refractivity contribution in [2.24, 2.45) is 0 Å². The van der Waals surface area contributed by atoms with Crippen LogP contribution >= 0.6 is 34.8 Å². The van der Waals surface area contributed by atoms with E-state index in [1.54, 1.807) is 12.1 Å². The van der Waals surface area contributed by atoms with Gasteiger partial charge in [-0.1, -0.05) is 46.9 Å². The predicted molar refractivity (Wildman–Crippen MR) is 85.6 cm³/mol. The summed E-state index contributed by atoms with van der Waals surface area (Å²) in [7, 11) is 0. The average Bonchev–Trinajstić information content (AvgIpc) is 2.45. The van der Waals surface area contributed by atoms with Crippen molar-refractivity contribution in [3.63, 3.8) is 0 Å². The highest BCUT2D eigenvalue weighted by molar-refractivity contribution is 6.45. The van der Waals surface area contributed by atoms with E-state index in [9.17, 15) is 14.3 Å². The molecule has 0 fully saturated rings. The lowest BCUT2D eigenvalue weighted by atomic mass is 10.1. The summed E-state index contributed by atoms with van der Waals surface area (Å²) in [6.45, 7) is 0.238. The molecular formula is C15H11Cl3FNO2. The third-order valence-electron chi connectivity index (χ3n) is 2.96. The smallest absolute Gasteiger partial charge is 0.256 e. The molecule has 2 aromatic carbocycles. The summed E-state index contributed by atoms with van der Waals surface area (Å²) in [5.74, 6) is -1.38. The fraction of sp³-hybridized carbons (Fsp3) is 0.133. The molecule has 1 amide bonds. The molecule has 0 radical (unpaired) electrons. The van der Waals surface area contributed by atoms with Crippen molar-refractivity contribution in [3.8, 4) is 5.75 Å². The Morgan fingerprint density at radius 2 is 1.91 bits per heavy atom. The van der Waals surface area contributed by atoms with E-state index < -0.39 is 11.7 Å². The van der Waals surface area contributed by atoms with Crippen molar-refractivity contribution in [2.45, 2.75) is 6.42 Å². The van der Waals surface area contributed by atoms with Crippen molar-refractivity contribution in [2.75, 3.05) is 6.54 Å². The van der Waals surface area contributed by atoms with Gasteiger partial charge in [0, 0.05) is 6.54 Å². The molecule has 0 saturated heterocycles. The predicted octanol–water partition coefficient (Wildman–Crippen LogP) is 4.46. The number of nitrogens with one attached hydrogen (secondary N) is 1. The molecule has 7 heteroatoms. The summed E-state index contributed by atoms with van der Waals surface area (Å²) in [6.07, 6.45) is 0.427. The molecule has 22 heavy (non-hydrogen) atoms. The van der Waals surface area contributed by atoms with E-state index in [4.69, 9.17) is 34.8 Å². The van der Waals surface area contributed by atoms with Gasteiger partial charge in [-0.2, -0.15) is 0 Å². The minimum Gasteiger partial charge on any atom is -0.505 e. The maximum Gasteiger partial charge on any atom is 0.256 e. The molecule has 0 aliphatic heterocycles. The molecule has 0 saturated carbocycles. The first-order valence-corrected chi connectivity index (χ1v) is 7.42. The van der Waals surface area contributed by atoms with E-state index >= 15 is 0 Å². The number of hydrogen-bond donors (Lipinski definition) is 2. The summed E-state index contributed by atoms with van der Waals surface area (Å²) < 4.78 is 13.0. The maximum absolute atomic E-state index is 13.0. The molecule has 2 rings (SSSR count). The van der Waals surface area contributed by atoms with Gasteiger partial charge in [-0.15, -0.1) is 0 Å². The Morgan fingerprint density at radius 1 is 1.18 bits per heavy atom. The molecule has 2 aromatic rings. The molecule has 116 valence electrons. The number of carbonyl (C=O) groups is 1. The van der Waals surface area contributed by atoms with Crippen molar-refractivity contribution in [3.05, 3.63) is 62.3 Å². The molecule has 0 spiro atoms. The van der Waals surface area contributed by atoms with E-state index in [-0.39, 0.29) is 33.0 Å². The second-order valence-corrected chi connectivity index (χ2v) is 5.71. The first-order chi connectivity index (χ1) is 10.4. The number of rotatable bonds is 4. The van der Waals surface area contributed by atoms with Crippen LogP contribution in [0.5, 0.6) is 5.75 Å². The third-order valence-corrected chi connectivity index (χ3v) is 4.04. The van der Waals surface area contributed by atoms with Crippen LogP contribution in [0.3, 0.4) is 0 Å². The van der Waals surface area contributed by atoms with Crippen LogP contribution in [-0.2, 0) is 6.42 Å². The van der Waals surface area contributed by atoms with Gasteiger partial charge in [-0.25, -0.2) is 4.39 Å². The zero-order valence-corrected chi connectivity index (χ0v) is 13.4. The Hall–Kier alpha value is -1.49. The Kier molecular flexibility index (Phi) is 5.51. The maximum atomic E-state index is 13.0. The van der Waals surface area contributed by atoms with Crippen molar-refractivity contribution >= 4 is 40.7 Å². The first-order valence-electron chi connectivity index (χ1n) is 6.29. The Labute approximate surface area is 141 Å². The molecule has 0 aliphatic rings. The van der Waals surface area contributed by atoms with Crippen LogP contribution in [-0.4, -0.2) is 17.6 Å². The van der Waals surface area contributed by atoms with Crippen molar-refractivity contribution in [1.82, 2.24) is 5.32 Å². The van der Waals surface area contributed by atoms with Crippen LogP contribution in [0.4, 0.5) is 4.39 Å². The van der Waals surface area contributed by atoms with Gasteiger partial charge >= 0.3 is 0 Å². The van der Waals surface area contributed by atoms with E-state index in [2.05, 4.69) is 5.32 Å². The van der Waals surface area contributed by atoms with E-state index in [0.717, 1.165) is 5.56 Å². The normalized spacial score (nSPS) is 10.5. The van der Waals surface area contributed by atoms with E-state index in [1.807, 2.05) is 0 Å². The highest BCUT2D eigenvalue weighted by atomic mass is 35.5. The van der Waals surface area contributed by atoms with Gasteiger partial charge in [-0.3, -0.25) is 4.79 Å². The van der Waals surface area contributed by atoms with Crippen LogP contribution in [0.25, 0.3) is 0 Å². The lowest BCUT2D eigenvalue weighted by Crippen LogP contribution is -2.26. The second kappa shape index (κ2) is 7.18. The van der Waals surface area contributed by atoms with Crippen molar-refractivity contribution < 1.29 is 14.3 Å². The standard InChI is InChI=1S/C15H11Cl3FNO2/c16-10-7-11(17)14(21)12(13(10)18)15(22)20-5-4-8-2-1-3-9(19)6-8/h1-3,6-7,21H,4-5H2,(H,20,22). The zero-order chi connectivity index (χ0) is 16.3. The van der Waals surface area contributed by atoms with Crippen LogP contribution < -0.4 is 5.32 Å². The summed E-state index contributed by atoms with van der Waals surface area (Å²) in [5, 5.41) is 12.3. The van der Waals surface area contributed by atoms with Crippen LogP contribution in [0, 0.1) is 5.82 Å². The molecule has 0 unspecified atom stereocenters. The number of benzene rings is 2. The summed E-state index contributed by atoms with van der Waals surface area (Å²) in [5.41, 5.74) is 0.554. The lowest BCUT2D eigenvalue weighted by molar-refractivity contribution is 0.0951. The van der Waals surface area contributed by atoms with E-state index in [0.29, 0.717) is 6.42 Å². The Balaban J connectivity index is 2.07. The number of hydrogen-bond acceptors (Lipinski definition) is 2. The van der Waals surface area contributed by atoms with Crippen LogP contribution in [0.2, 0.25) is 15.1 Å². The largest absolute Gasteiger partial charge is 0.505 e. The first kappa shape index (κ1) is 16.9. The minimum atomic E-state index is -0.608. The topological polar surface area (TPSA) is 49.3 Å². The molecular weight excluding hydrogens is 352 g/mol. The minimum absolute atomic E-state index is 0.0651. The van der Waals surface area contributed by atoms with E-state index in [1.165, 1.54) is 18.2 Å². The number of halogens is 4. The van der Waals surface area contributed by atoms with Gasteiger partial charge in [0.05, 0.1) is 15.1 Å². The average molecular weight is 363 g/mol. The molecule has 2 N–H and O–H groups in total. The molecule has 0 aromatic heterocycles. The Morgan fingerprint density at radius 3 is 2.59 bits per heavy atom. The molecule has 3 nitrogen and oxygen atoms in total. The molecule has 0 heterocycles. The number of phenolic OH excluding ortho intramolecular Hbond substituents is 1. The third kappa shape index (κ3) is 3.83. The van der Waals surface area contributed by atoms with Gasteiger partial charge < -0.3 is 10.4 Å². The van der Waals surface area contributed by atoms with Gasteiger partial charge in [0.2, 0.25) is 0 Å². The fourth-order valence-electron chi connectivity index (χ4n) is 1.89.